The zero-order valence-electron chi connectivity index (χ0n) is 15.6. The molecule has 26 heavy (non-hydrogen) atoms. The molecule has 2 saturated carbocycles. The molecule has 1 aromatic rings. The highest BCUT2D eigenvalue weighted by Gasteiger charge is 2.31. The molecule has 3 rings (SSSR count). The second-order valence-electron chi connectivity index (χ2n) is 8.36. The van der Waals surface area contributed by atoms with Crippen LogP contribution < -0.4 is 0 Å². The van der Waals surface area contributed by atoms with Crippen molar-refractivity contribution in [3.05, 3.63) is 47.8 Å². The Hall–Kier alpha value is -1.25. The molecule has 0 aromatic heterocycles. The molecule has 0 heterocycles. The summed E-state index contributed by atoms with van der Waals surface area (Å²) in [6.07, 6.45) is 15.5. The van der Waals surface area contributed by atoms with Crippen molar-refractivity contribution in [1.29, 1.82) is 0 Å². The maximum atomic E-state index is 13.5. The maximum Gasteiger partial charge on any atom is 0.159 e. The van der Waals surface area contributed by atoms with Crippen molar-refractivity contribution in [1.82, 2.24) is 0 Å². The molecular weight excluding hydrogens is 333 g/mol. The Bertz CT molecular complexity index is 579. The van der Waals surface area contributed by atoms with Gasteiger partial charge in [-0.15, -0.1) is 0 Å². The SMILES string of the molecule is FC=CCCC[C@H]1CC[C@H]([C@H]2CC[C@H](c3ccc(F)c(F)c3)CC2)CC1. The second kappa shape index (κ2) is 9.62. The molecule has 0 spiro atoms. The summed E-state index contributed by atoms with van der Waals surface area (Å²) in [5, 5.41) is 0. The third-order valence-corrected chi connectivity index (χ3v) is 6.82. The summed E-state index contributed by atoms with van der Waals surface area (Å²) >= 11 is 0. The van der Waals surface area contributed by atoms with Crippen LogP contribution in [0, 0.1) is 29.4 Å². The maximum absolute atomic E-state index is 13.5. The summed E-state index contributed by atoms with van der Waals surface area (Å²) in [4.78, 5) is 0. The minimum Gasteiger partial charge on any atom is -0.216 e. The van der Waals surface area contributed by atoms with Gasteiger partial charge in [0, 0.05) is 0 Å². The molecule has 0 atom stereocenters. The molecule has 2 aliphatic rings. The molecule has 0 aliphatic heterocycles. The molecular formula is C23H31F3. The highest BCUT2D eigenvalue weighted by Crippen LogP contribution is 2.44. The molecule has 144 valence electrons. The first-order valence-electron chi connectivity index (χ1n) is 10.4. The zero-order valence-corrected chi connectivity index (χ0v) is 15.6. The average molecular weight is 364 g/mol. The Labute approximate surface area is 155 Å². The molecule has 0 nitrogen and oxygen atoms in total. The van der Waals surface area contributed by atoms with Crippen LogP contribution in [0.15, 0.2) is 30.6 Å². The number of halogens is 3. The Kier molecular flexibility index (Phi) is 7.22. The summed E-state index contributed by atoms with van der Waals surface area (Å²) in [5.74, 6) is 1.42. The van der Waals surface area contributed by atoms with Gasteiger partial charge in [0.15, 0.2) is 11.6 Å². The van der Waals surface area contributed by atoms with Gasteiger partial charge in [0.05, 0.1) is 6.33 Å². The van der Waals surface area contributed by atoms with E-state index < -0.39 is 11.6 Å². The molecule has 3 heteroatoms. The topological polar surface area (TPSA) is 0 Å². The van der Waals surface area contributed by atoms with Crippen LogP contribution in [-0.4, -0.2) is 0 Å². The second-order valence-corrected chi connectivity index (χ2v) is 8.36. The van der Waals surface area contributed by atoms with E-state index in [0.29, 0.717) is 12.2 Å². The third kappa shape index (κ3) is 5.14. The van der Waals surface area contributed by atoms with Crippen molar-refractivity contribution < 1.29 is 13.2 Å². The summed E-state index contributed by atoms with van der Waals surface area (Å²) in [7, 11) is 0. The summed E-state index contributed by atoms with van der Waals surface area (Å²) < 4.78 is 38.6. The van der Waals surface area contributed by atoms with Crippen LogP contribution in [0.1, 0.15) is 82.1 Å². The molecule has 0 saturated heterocycles. The smallest absolute Gasteiger partial charge is 0.159 e. The van der Waals surface area contributed by atoms with Gasteiger partial charge in [-0.25, -0.2) is 13.2 Å². The minimum absolute atomic E-state index is 0.390. The predicted molar refractivity (Wildman–Crippen MR) is 101 cm³/mol. The minimum atomic E-state index is -0.750. The predicted octanol–water partition coefficient (Wildman–Crippen LogP) is 7.70. The average Bonchev–Trinajstić information content (AvgIpc) is 2.68. The summed E-state index contributed by atoms with van der Waals surface area (Å²) in [6.45, 7) is 0. The molecule has 1 aromatic carbocycles. The van der Waals surface area contributed by atoms with E-state index >= 15 is 0 Å². The largest absolute Gasteiger partial charge is 0.216 e. The third-order valence-electron chi connectivity index (χ3n) is 6.82. The van der Waals surface area contributed by atoms with Gasteiger partial charge >= 0.3 is 0 Å². The first-order chi connectivity index (χ1) is 12.7. The van der Waals surface area contributed by atoms with E-state index in [2.05, 4.69) is 0 Å². The van der Waals surface area contributed by atoms with E-state index in [4.69, 9.17) is 0 Å². The van der Waals surface area contributed by atoms with Crippen LogP contribution in [0.4, 0.5) is 13.2 Å². The van der Waals surface area contributed by atoms with Crippen molar-refractivity contribution in [2.75, 3.05) is 0 Å². The number of benzene rings is 1. The fourth-order valence-corrected chi connectivity index (χ4v) is 5.23. The van der Waals surface area contributed by atoms with Crippen molar-refractivity contribution in [3.63, 3.8) is 0 Å². The molecule has 2 fully saturated rings. The molecule has 0 radical (unpaired) electrons. The number of hydrogen-bond donors (Lipinski definition) is 0. The van der Waals surface area contributed by atoms with E-state index in [9.17, 15) is 13.2 Å². The first kappa shape index (κ1) is 19.5. The van der Waals surface area contributed by atoms with Crippen molar-refractivity contribution in [2.24, 2.45) is 17.8 Å². The molecule has 0 N–H and O–H groups in total. The van der Waals surface area contributed by atoms with Crippen LogP contribution in [0.5, 0.6) is 0 Å². The Morgan fingerprint density at radius 3 is 2.12 bits per heavy atom. The van der Waals surface area contributed by atoms with Gasteiger partial charge in [-0.1, -0.05) is 31.4 Å². The highest BCUT2D eigenvalue weighted by molar-refractivity contribution is 5.22. The number of rotatable bonds is 6. The number of hydrogen-bond acceptors (Lipinski definition) is 0. The van der Waals surface area contributed by atoms with E-state index in [1.165, 1.54) is 57.1 Å². The monoisotopic (exact) mass is 364 g/mol. The van der Waals surface area contributed by atoms with E-state index in [1.54, 1.807) is 12.1 Å². The van der Waals surface area contributed by atoms with E-state index in [0.717, 1.165) is 49.0 Å². The molecule has 0 amide bonds. The Morgan fingerprint density at radius 2 is 1.50 bits per heavy atom. The zero-order chi connectivity index (χ0) is 18.4. The number of unbranched alkanes of at least 4 members (excludes halogenated alkanes) is 1. The highest BCUT2D eigenvalue weighted by atomic mass is 19.2. The van der Waals surface area contributed by atoms with Gasteiger partial charge in [0.2, 0.25) is 0 Å². The van der Waals surface area contributed by atoms with Crippen LogP contribution in [-0.2, 0) is 0 Å². The fourth-order valence-electron chi connectivity index (χ4n) is 5.23. The van der Waals surface area contributed by atoms with E-state index in [1.807, 2.05) is 0 Å². The lowest BCUT2D eigenvalue weighted by Crippen LogP contribution is -2.25. The standard InChI is InChI=1S/C23H31F3/c24-15-3-1-2-4-17-5-7-18(8-6-17)19-9-11-20(12-10-19)21-13-14-22(25)23(26)16-21/h3,13-20H,1-2,4-12H2/t17-,18-,19-,20-. The lowest BCUT2D eigenvalue weighted by molar-refractivity contribution is 0.156. The Balaban J connectivity index is 1.41. The van der Waals surface area contributed by atoms with Gasteiger partial charge in [-0.3, -0.25) is 0 Å². The van der Waals surface area contributed by atoms with Gasteiger partial charge in [-0.05, 0) is 92.7 Å². The van der Waals surface area contributed by atoms with Gasteiger partial charge in [-0.2, -0.15) is 0 Å². The Morgan fingerprint density at radius 1 is 0.846 bits per heavy atom. The number of allylic oxidation sites excluding steroid dienone is 1. The lowest BCUT2D eigenvalue weighted by Gasteiger charge is -2.38. The lowest BCUT2D eigenvalue weighted by atomic mass is 9.68. The van der Waals surface area contributed by atoms with Crippen LogP contribution >= 0.6 is 0 Å². The van der Waals surface area contributed by atoms with Crippen molar-refractivity contribution in [3.8, 4) is 0 Å². The molecule has 0 unspecified atom stereocenters. The molecule has 0 bridgehead atoms. The van der Waals surface area contributed by atoms with Crippen molar-refractivity contribution >= 4 is 0 Å². The normalized spacial score (nSPS) is 30.0. The first-order valence-corrected chi connectivity index (χ1v) is 10.4. The van der Waals surface area contributed by atoms with Gasteiger partial charge in [0.25, 0.3) is 0 Å². The summed E-state index contributed by atoms with van der Waals surface area (Å²) in [5.41, 5.74) is 0.966. The van der Waals surface area contributed by atoms with Gasteiger partial charge in [0.1, 0.15) is 0 Å². The van der Waals surface area contributed by atoms with Gasteiger partial charge < -0.3 is 0 Å². The fraction of sp³-hybridized carbons (Fsp3) is 0.652. The quantitative estimate of drug-likeness (QED) is 0.454. The molecule has 2 aliphatic carbocycles. The van der Waals surface area contributed by atoms with Crippen LogP contribution in [0.25, 0.3) is 0 Å². The van der Waals surface area contributed by atoms with Crippen LogP contribution in [0.3, 0.4) is 0 Å². The van der Waals surface area contributed by atoms with Crippen LogP contribution in [0.2, 0.25) is 0 Å². The van der Waals surface area contributed by atoms with E-state index in [-0.39, 0.29) is 0 Å². The van der Waals surface area contributed by atoms with Crippen molar-refractivity contribution in [2.45, 2.75) is 76.5 Å². The summed E-state index contributed by atoms with van der Waals surface area (Å²) in [6, 6.07) is 4.41.